The van der Waals surface area contributed by atoms with E-state index in [0.717, 1.165) is 41.3 Å². The van der Waals surface area contributed by atoms with E-state index in [0.29, 0.717) is 12.6 Å². The van der Waals surface area contributed by atoms with E-state index < -0.39 is 0 Å². The summed E-state index contributed by atoms with van der Waals surface area (Å²) in [5.41, 5.74) is 2.08. The smallest absolute Gasteiger partial charge is 0.191 e. The van der Waals surface area contributed by atoms with Crippen LogP contribution in [-0.2, 0) is 6.42 Å². The second-order valence-corrected chi connectivity index (χ2v) is 5.98. The Labute approximate surface area is 130 Å². The maximum absolute atomic E-state index is 13.4. The van der Waals surface area contributed by atoms with Crippen LogP contribution < -0.4 is 10.6 Å². The summed E-state index contributed by atoms with van der Waals surface area (Å²) >= 11 is 0. The first-order valence-electron chi connectivity index (χ1n) is 7.97. The molecule has 1 aliphatic carbocycles. The van der Waals surface area contributed by atoms with Crippen molar-refractivity contribution in [3.05, 3.63) is 35.8 Å². The SMILES string of the molecule is CCNC(=NCCc1c[nH]c2ccc(F)cc12)NC1CC1C. The van der Waals surface area contributed by atoms with Crippen molar-refractivity contribution in [2.45, 2.75) is 32.7 Å². The Morgan fingerprint density at radius 1 is 1.45 bits per heavy atom. The lowest BCUT2D eigenvalue weighted by atomic mass is 10.1. The van der Waals surface area contributed by atoms with Gasteiger partial charge in [0.15, 0.2) is 5.96 Å². The molecule has 1 fully saturated rings. The number of benzene rings is 1. The van der Waals surface area contributed by atoms with Crippen molar-refractivity contribution in [3.63, 3.8) is 0 Å². The third-order valence-corrected chi connectivity index (χ3v) is 4.16. The standard InChI is InChI=1S/C17H23FN4/c1-3-19-17(22-16-8-11(16)2)20-7-6-12-10-21-15-5-4-13(18)9-14(12)15/h4-5,9-11,16,21H,3,6-8H2,1-2H3,(H2,19,20,22). The van der Waals surface area contributed by atoms with Crippen molar-refractivity contribution >= 4 is 16.9 Å². The van der Waals surface area contributed by atoms with Crippen LogP contribution in [0.1, 0.15) is 25.8 Å². The van der Waals surface area contributed by atoms with Crippen LogP contribution in [0.4, 0.5) is 4.39 Å². The Morgan fingerprint density at radius 2 is 2.27 bits per heavy atom. The van der Waals surface area contributed by atoms with Crippen LogP contribution in [0, 0.1) is 11.7 Å². The average Bonchev–Trinajstić information content (AvgIpc) is 3.04. The molecule has 1 aromatic carbocycles. The van der Waals surface area contributed by atoms with E-state index >= 15 is 0 Å². The molecular weight excluding hydrogens is 279 g/mol. The number of nitrogens with one attached hydrogen (secondary N) is 3. The van der Waals surface area contributed by atoms with Crippen molar-refractivity contribution in [1.29, 1.82) is 0 Å². The van der Waals surface area contributed by atoms with Gasteiger partial charge in [-0.3, -0.25) is 4.99 Å². The van der Waals surface area contributed by atoms with Crippen molar-refractivity contribution in [2.24, 2.45) is 10.9 Å². The first-order valence-corrected chi connectivity index (χ1v) is 7.97. The zero-order chi connectivity index (χ0) is 15.5. The molecule has 118 valence electrons. The van der Waals surface area contributed by atoms with E-state index in [4.69, 9.17) is 0 Å². The zero-order valence-electron chi connectivity index (χ0n) is 13.1. The number of hydrogen-bond donors (Lipinski definition) is 3. The number of rotatable bonds is 5. The van der Waals surface area contributed by atoms with E-state index in [1.807, 2.05) is 6.20 Å². The molecule has 1 saturated carbocycles. The Kier molecular flexibility index (Phi) is 4.32. The van der Waals surface area contributed by atoms with Crippen LogP contribution >= 0.6 is 0 Å². The topological polar surface area (TPSA) is 52.2 Å². The third-order valence-electron chi connectivity index (χ3n) is 4.16. The fourth-order valence-corrected chi connectivity index (χ4v) is 2.66. The van der Waals surface area contributed by atoms with Crippen molar-refractivity contribution in [2.75, 3.05) is 13.1 Å². The summed E-state index contributed by atoms with van der Waals surface area (Å²) < 4.78 is 13.4. The quantitative estimate of drug-likeness (QED) is 0.587. The van der Waals surface area contributed by atoms with Crippen LogP contribution in [0.15, 0.2) is 29.4 Å². The molecule has 0 bridgehead atoms. The number of aliphatic imine (C=N–C) groups is 1. The van der Waals surface area contributed by atoms with E-state index in [1.54, 1.807) is 12.1 Å². The highest BCUT2D eigenvalue weighted by Crippen LogP contribution is 2.28. The highest BCUT2D eigenvalue weighted by atomic mass is 19.1. The summed E-state index contributed by atoms with van der Waals surface area (Å²) in [6.45, 7) is 5.84. The van der Waals surface area contributed by atoms with Gasteiger partial charge in [0.25, 0.3) is 0 Å². The van der Waals surface area contributed by atoms with Gasteiger partial charge < -0.3 is 15.6 Å². The molecule has 2 atom stereocenters. The molecule has 2 aromatic rings. The van der Waals surface area contributed by atoms with E-state index in [2.05, 4.69) is 34.5 Å². The number of aromatic nitrogens is 1. The lowest BCUT2D eigenvalue weighted by Crippen LogP contribution is -2.39. The molecule has 4 nitrogen and oxygen atoms in total. The fraction of sp³-hybridized carbons (Fsp3) is 0.471. The van der Waals surface area contributed by atoms with Crippen LogP contribution in [0.2, 0.25) is 0 Å². The Balaban J connectivity index is 1.64. The first-order chi connectivity index (χ1) is 10.7. The summed E-state index contributed by atoms with van der Waals surface area (Å²) in [7, 11) is 0. The third kappa shape index (κ3) is 3.40. The van der Waals surface area contributed by atoms with Gasteiger partial charge in [0.05, 0.1) is 0 Å². The number of halogens is 1. The second kappa shape index (κ2) is 6.38. The number of aromatic amines is 1. The molecule has 0 radical (unpaired) electrons. The monoisotopic (exact) mass is 302 g/mol. The van der Waals surface area contributed by atoms with Crippen molar-refractivity contribution < 1.29 is 4.39 Å². The highest BCUT2D eigenvalue weighted by Gasteiger charge is 2.33. The normalized spacial score (nSPS) is 21.1. The number of fused-ring (bicyclic) bond motifs is 1. The number of hydrogen-bond acceptors (Lipinski definition) is 1. The number of H-pyrrole nitrogens is 1. The number of nitrogens with zero attached hydrogens (tertiary/aromatic N) is 1. The zero-order valence-corrected chi connectivity index (χ0v) is 13.1. The van der Waals surface area contributed by atoms with Crippen LogP contribution in [0.25, 0.3) is 10.9 Å². The van der Waals surface area contributed by atoms with Gasteiger partial charge in [-0.15, -0.1) is 0 Å². The maximum Gasteiger partial charge on any atom is 0.191 e. The van der Waals surface area contributed by atoms with Gasteiger partial charge in [-0.1, -0.05) is 6.92 Å². The number of guanidine groups is 1. The minimum atomic E-state index is -0.199. The van der Waals surface area contributed by atoms with Crippen LogP contribution in [0.5, 0.6) is 0 Å². The molecule has 1 aliphatic rings. The lowest BCUT2D eigenvalue weighted by Gasteiger charge is -2.10. The van der Waals surface area contributed by atoms with Gasteiger partial charge in [0, 0.05) is 36.2 Å². The van der Waals surface area contributed by atoms with E-state index in [-0.39, 0.29) is 5.82 Å². The average molecular weight is 302 g/mol. The Bertz CT molecular complexity index is 676. The van der Waals surface area contributed by atoms with Gasteiger partial charge in [-0.2, -0.15) is 0 Å². The summed E-state index contributed by atoms with van der Waals surface area (Å²) in [6.07, 6.45) is 3.95. The molecule has 0 spiro atoms. The molecule has 0 saturated heterocycles. The molecular formula is C17H23FN4. The van der Waals surface area contributed by atoms with E-state index in [9.17, 15) is 4.39 Å². The predicted molar refractivity (Wildman–Crippen MR) is 88.6 cm³/mol. The summed E-state index contributed by atoms with van der Waals surface area (Å²) in [5.74, 6) is 1.41. The fourth-order valence-electron chi connectivity index (χ4n) is 2.66. The maximum atomic E-state index is 13.4. The van der Waals surface area contributed by atoms with Crippen LogP contribution in [-0.4, -0.2) is 30.1 Å². The predicted octanol–water partition coefficient (Wildman–Crippen LogP) is 2.81. The lowest BCUT2D eigenvalue weighted by molar-refractivity contribution is 0.629. The van der Waals surface area contributed by atoms with Crippen molar-refractivity contribution in [1.82, 2.24) is 15.6 Å². The van der Waals surface area contributed by atoms with Gasteiger partial charge in [0.2, 0.25) is 0 Å². The van der Waals surface area contributed by atoms with Crippen molar-refractivity contribution in [3.8, 4) is 0 Å². The second-order valence-electron chi connectivity index (χ2n) is 5.98. The molecule has 3 rings (SSSR count). The Morgan fingerprint density at radius 3 is 3.00 bits per heavy atom. The van der Waals surface area contributed by atoms with Gasteiger partial charge >= 0.3 is 0 Å². The van der Waals surface area contributed by atoms with Gasteiger partial charge in [-0.05, 0) is 49.4 Å². The van der Waals surface area contributed by atoms with Gasteiger partial charge in [-0.25, -0.2) is 4.39 Å². The molecule has 22 heavy (non-hydrogen) atoms. The summed E-state index contributed by atoms with van der Waals surface area (Å²) in [6, 6.07) is 5.39. The first kappa shape index (κ1) is 14.9. The van der Waals surface area contributed by atoms with Crippen LogP contribution in [0.3, 0.4) is 0 Å². The largest absolute Gasteiger partial charge is 0.361 e. The molecule has 3 N–H and O–H groups in total. The molecule has 1 heterocycles. The molecule has 0 amide bonds. The molecule has 1 aromatic heterocycles. The highest BCUT2D eigenvalue weighted by molar-refractivity contribution is 5.83. The Hall–Kier alpha value is -2.04. The minimum absolute atomic E-state index is 0.199. The van der Waals surface area contributed by atoms with Gasteiger partial charge in [0.1, 0.15) is 5.82 Å². The molecule has 2 unspecified atom stereocenters. The minimum Gasteiger partial charge on any atom is -0.361 e. The molecule has 0 aliphatic heterocycles. The summed E-state index contributed by atoms with van der Waals surface area (Å²) in [5, 5.41) is 7.66. The summed E-state index contributed by atoms with van der Waals surface area (Å²) in [4.78, 5) is 7.80. The van der Waals surface area contributed by atoms with E-state index in [1.165, 1.54) is 12.5 Å². The molecule has 5 heteroatoms.